The Morgan fingerprint density at radius 1 is 1.48 bits per heavy atom. The SMILES string of the molecule is CCC1CCCN1S(=O)(=O)c1cccc(C=CC(=O)O)c1. The molecule has 21 heavy (non-hydrogen) atoms. The van der Waals surface area contributed by atoms with E-state index in [0.717, 1.165) is 25.3 Å². The van der Waals surface area contributed by atoms with Crippen LogP contribution < -0.4 is 0 Å². The van der Waals surface area contributed by atoms with Crippen LogP contribution in [0.4, 0.5) is 0 Å². The Labute approximate surface area is 124 Å². The molecular formula is C15H19NO4S. The van der Waals surface area contributed by atoms with Gasteiger partial charge in [-0.2, -0.15) is 4.31 Å². The zero-order chi connectivity index (χ0) is 15.5. The smallest absolute Gasteiger partial charge is 0.328 e. The third-order valence-corrected chi connectivity index (χ3v) is 5.63. The molecule has 1 atom stereocenters. The molecule has 0 spiro atoms. The molecule has 1 aliphatic heterocycles. The number of sulfonamides is 1. The van der Waals surface area contributed by atoms with Gasteiger partial charge in [-0.1, -0.05) is 19.1 Å². The maximum Gasteiger partial charge on any atom is 0.328 e. The van der Waals surface area contributed by atoms with Gasteiger partial charge in [-0.25, -0.2) is 13.2 Å². The van der Waals surface area contributed by atoms with Gasteiger partial charge in [-0.05, 0) is 43.0 Å². The lowest BCUT2D eigenvalue weighted by atomic mass is 10.2. The quantitative estimate of drug-likeness (QED) is 0.847. The summed E-state index contributed by atoms with van der Waals surface area (Å²) in [5.74, 6) is -1.06. The van der Waals surface area contributed by atoms with Crippen molar-refractivity contribution in [3.05, 3.63) is 35.9 Å². The summed E-state index contributed by atoms with van der Waals surface area (Å²) < 4.78 is 26.9. The van der Waals surface area contributed by atoms with Gasteiger partial charge in [-0.3, -0.25) is 0 Å². The van der Waals surface area contributed by atoms with Gasteiger partial charge in [0.1, 0.15) is 0 Å². The van der Waals surface area contributed by atoms with Crippen LogP contribution in [0, 0.1) is 0 Å². The molecule has 1 aromatic rings. The summed E-state index contributed by atoms with van der Waals surface area (Å²) in [6.07, 6.45) is 4.97. The van der Waals surface area contributed by atoms with Crippen molar-refractivity contribution in [3.63, 3.8) is 0 Å². The highest BCUT2D eigenvalue weighted by molar-refractivity contribution is 7.89. The number of carbonyl (C=O) groups is 1. The maximum atomic E-state index is 12.7. The van der Waals surface area contributed by atoms with Crippen LogP contribution in [0.15, 0.2) is 35.2 Å². The number of benzene rings is 1. The Kier molecular flexibility index (Phi) is 4.80. The fraction of sp³-hybridized carbons (Fsp3) is 0.400. The molecule has 0 saturated carbocycles. The van der Waals surface area contributed by atoms with Gasteiger partial charge >= 0.3 is 5.97 Å². The molecule has 1 unspecified atom stereocenters. The number of carboxylic acid groups (broad SMARTS) is 1. The first-order valence-corrected chi connectivity index (χ1v) is 8.42. The second kappa shape index (κ2) is 6.41. The van der Waals surface area contributed by atoms with Crippen molar-refractivity contribution in [1.29, 1.82) is 0 Å². The number of hydrogen-bond donors (Lipinski definition) is 1. The Morgan fingerprint density at radius 3 is 2.90 bits per heavy atom. The van der Waals surface area contributed by atoms with E-state index in [1.807, 2.05) is 6.92 Å². The highest BCUT2D eigenvalue weighted by atomic mass is 32.2. The molecule has 6 heteroatoms. The van der Waals surface area contributed by atoms with Gasteiger partial charge in [0.05, 0.1) is 4.90 Å². The van der Waals surface area contributed by atoms with E-state index in [9.17, 15) is 13.2 Å². The van der Waals surface area contributed by atoms with Crippen LogP contribution in [0.2, 0.25) is 0 Å². The van der Waals surface area contributed by atoms with Gasteiger partial charge in [0.2, 0.25) is 10.0 Å². The van der Waals surface area contributed by atoms with Crippen molar-refractivity contribution in [1.82, 2.24) is 4.31 Å². The van der Waals surface area contributed by atoms with Crippen molar-refractivity contribution in [2.75, 3.05) is 6.54 Å². The van der Waals surface area contributed by atoms with Crippen molar-refractivity contribution >= 4 is 22.1 Å². The van der Waals surface area contributed by atoms with E-state index in [2.05, 4.69) is 0 Å². The van der Waals surface area contributed by atoms with Crippen LogP contribution in [-0.2, 0) is 14.8 Å². The van der Waals surface area contributed by atoms with Crippen LogP contribution >= 0.6 is 0 Å². The van der Waals surface area contributed by atoms with Crippen LogP contribution in [-0.4, -0.2) is 36.4 Å². The summed E-state index contributed by atoms with van der Waals surface area (Å²) in [5.41, 5.74) is 0.561. The molecule has 1 heterocycles. The van der Waals surface area contributed by atoms with Crippen LogP contribution in [0.25, 0.3) is 6.08 Å². The van der Waals surface area contributed by atoms with Gasteiger partial charge < -0.3 is 5.11 Å². The molecule has 0 aromatic heterocycles. The molecule has 1 aliphatic rings. The van der Waals surface area contributed by atoms with Crippen molar-refractivity contribution in [2.24, 2.45) is 0 Å². The van der Waals surface area contributed by atoms with E-state index in [-0.39, 0.29) is 10.9 Å². The first-order valence-electron chi connectivity index (χ1n) is 6.98. The van der Waals surface area contributed by atoms with Crippen LogP contribution in [0.1, 0.15) is 31.7 Å². The average Bonchev–Trinajstić information content (AvgIpc) is 2.94. The second-order valence-electron chi connectivity index (χ2n) is 5.06. The van der Waals surface area contributed by atoms with Crippen LogP contribution in [0.3, 0.4) is 0 Å². The lowest BCUT2D eigenvalue weighted by Crippen LogP contribution is -2.35. The van der Waals surface area contributed by atoms with Gasteiger partial charge in [-0.15, -0.1) is 0 Å². The van der Waals surface area contributed by atoms with E-state index in [1.54, 1.807) is 22.5 Å². The van der Waals surface area contributed by atoms with Crippen molar-refractivity contribution < 1.29 is 18.3 Å². The minimum Gasteiger partial charge on any atom is -0.478 e. The highest BCUT2D eigenvalue weighted by Gasteiger charge is 2.34. The monoisotopic (exact) mass is 309 g/mol. The predicted octanol–water partition coefficient (Wildman–Crippen LogP) is 2.35. The summed E-state index contributed by atoms with van der Waals surface area (Å²) in [6.45, 7) is 2.54. The lowest BCUT2D eigenvalue weighted by molar-refractivity contribution is -0.131. The predicted molar refractivity (Wildman–Crippen MR) is 80.3 cm³/mol. The van der Waals surface area contributed by atoms with E-state index < -0.39 is 16.0 Å². The normalized spacial score (nSPS) is 20.1. The fourth-order valence-electron chi connectivity index (χ4n) is 2.62. The molecule has 1 fully saturated rings. The minimum atomic E-state index is -3.51. The Morgan fingerprint density at radius 2 is 2.24 bits per heavy atom. The zero-order valence-electron chi connectivity index (χ0n) is 11.9. The first-order chi connectivity index (χ1) is 9.95. The van der Waals surface area contributed by atoms with Gasteiger partial charge in [0.25, 0.3) is 0 Å². The molecule has 1 N–H and O–H groups in total. The summed E-state index contributed by atoms with van der Waals surface area (Å²) in [6, 6.07) is 6.44. The topological polar surface area (TPSA) is 74.7 Å². The molecular weight excluding hydrogens is 290 g/mol. The highest BCUT2D eigenvalue weighted by Crippen LogP contribution is 2.28. The van der Waals surface area contributed by atoms with Crippen molar-refractivity contribution in [2.45, 2.75) is 37.1 Å². The molecule has 114 valence electrons. The van der Waals surface area contributed by atoms with E-state index >= 15 is 0 Å². The average molecular weight is 309 g/mol. The molecule has 2 rings (SSSR count). The van der Waals surface area contributed by atoms with Crippen molar-refractivity contribution in [3.8, 4) is 0 Å². The Balaban J connectivity index is 2.32. The first kappa shape index (κ1) is 15.7. The zero-order valence-corrected chi connectivity index (χ0v) is 12.7. The largest absolute Gasteiger partial charge is 0.478 e. The maximum absolute atomic E-state index is 12.7. The number of nitrogens with zero attached hydrogens (tertiary/aromatic N) is 1. The number of aliphatic carboxylic acids is 1. The Bertz CT molecular complexity index is 651. The molecule has 5 nitrogen and oxygen atoms in total. The standard InChI is InChI=1S/C15H19NO4S/c1-2-13-6-4-10-16(13)21(19,20)14-7-3-5-12(11-14)8-9-15(17)18/h3,5,7-9,11,13H,2,4,6,10H2,1H3,(H,17,18). The number of rotatable bonds is 5. The molecule has 0 aliphatic carbocycles. The fourth-order valence-corrected chi connectivity index (χ4v) is 4.44. The molecule has 1 aromatic carbocycles. The van der Waals surface area contributed by atoms with E-state index in [1.165, 1.54) is 12.1 Å². The van der Waals surface area contributed by atoms with Crippen LogP contribution in [0.5, 0.6) is 0 Å². The lowest BCUT2D eigenvalue weighted by Gasteiger charge is -2.23. The van der Waals surface area contributed by atoms with Gasteiger partial charge in [0.15, 0.2) is 0 Å². The van der Waals surface area contributed by atoms with Gasteiger partial charge in [0, 0.05) is 18.7 Å². The number of carboxylic acids is 1. The Hall–Kier alpha value is -1.66. The van der Waals surface area contributed by atoms with E-state index in [0.29, 0.717) is 12.1 Å². The second-order valence-corrected chi connectivity index (χ2v) is 6.95. The molecule has 0 bridgehead atoms. The summed E-state index contributed by atoms with van der Waals surface area (Å²) in [4.78, 5) is 10.8. The third-order valence-electron chi connectivity index (χ3n) is 3.68. The molecule has 1 saturated heterocycles. The minimum absolute atomic E-state index is 0.0632. The summed E-state index contributed by atoms with van der Waals surface area (Å²) in [5, 5.41) is 8.63. The van der Waals surface area contributed by atoms with E-state index in [4.69, 9.17) is 5.11 Å². The summed E-state index contributed by atoms with van der Waals surface area (Å²) in [7, 11) is -3.51. The molecule has 0 radical (unpaired) electrons. The number of hydrogen-bond acceptors (Lipinski definition) is 3. The third kappa shape index (κ3) is 3.51. The summed E-state index contributed by atoms with van der Waals surface area (Å²) >= 11 is 0. The molecule has 0 amide bonds.